The molecule has 1 heterocycles. The molecular formula is C21H33N3O2. The summed E-state index contributed by atoms with van der Waals surface area (Å²) in [5.41, 5.74) is 1.46. The molecule has 1 N–H and O–H groups in total. The Morgan fingerprint density at radius 1 is 1.31 bits per heavy atom. The van der Waals surface area contributed by atoms with E-state index in [0.29, 0.717) is 18.3 Å². The molecule has 1 aliphatic heterocycles. The molecule has 1 fully saturated rings. The van der Waals surface area contributed by atoms with Gasteiger partial charge in [0.1, 0.15) is 0 Å². The van der Waals surface area contributed by atoms with E-state index in [-0.39, 0.29) is 5.97 Å². The van der Waals surface area contributed by atoms with Gasteiger partial charge in [0.15, 0.2) is 5.96 Å². The summed E-state index contributed by atoms with van der Waals surface area (Å²) in [6, 6.07) is 10.9. The van der Waals surface area contributed by atoms with Crippen molar-refractivity contribution in [3.05, 3.63) is 35.9 Å². The molecule has 5 nitrogen and oxygen atoms in total. The monoisotopic (exact) mass is 359 g/mol. The summed E-state index contributed by atoms with van der Waals surface area (Å²) in [6.45, 7) is 5.18. The lowest BCUT2D eigenvalue weighted by Crippen LogP contribution is -2.48. The Morgan fingerprint density at radius 2 is 2.08 bits per heavy atom. The number of hydrogen-bond acceptors (Lipinski definition) is 3. The Kier molecular flexibility index (Phi) is 8.45. The third kappa shape index (κ3) is 5.75. The van der Waals surface area contributed by atoms with Crippen molar-refractivity contribution < 1.29 is 9.53 Å². The summed E-state index contributed by atoms with van der Waals surface area (Å²) in [4.78, 5) is 18.0. The maximum absolute atomic E-state index is 11.2. The predicted octanol–water partition coefficient (Wildman–Crippen LogP) is 3.42. The van der Waals surface area contributed by atoms with Crippen molar-refractivity contribution in [1.82, 2.24) is 10.2 Å². The number of likely N-dealkylation sites (tertiary alicyclic amines) is 1. The van der Waals surface area contributed by atoms with Crippen molar-refractivity contribution in [1.29, 1.82) is 0 Å². The van der Waals surface area contributed by atoms with Gasteiger partial charge in [-0.1, -0.05) is 43.7 Å². The average Bonchev–Trinajstić information content (AvgIpc) is 2.70. The molecule has 0 aliphatic carbocycles. The number of rotatable bonds is 7. The molecule has 0 saturated carbocycles. The summed E-state index contributed by atoms with van der Waals surface area (Å²) in [6.07, 6.45) is 4.59. The minimum Gasteiger partial charge on any atom is -0.469 e. The van der Waals surface area contributed by atoms with Gasteiger partial charge in [-0.05, 0) is 36.7 Å². The molecule has 2 rings (SSSR count). The third-order valence-corrected chi connectivity index (χ3v) is 5.32. The van der Waals surface area contributed by atoms with Gasteiger partial charge in [0, 0.05) is 33.1 Å². The van der Waals surface area contributed by atoms with Crippen LogP contribution in [0.15, 0.2) is 35.3 Å². The number of esters is 1. The van der Waals surface area contributed by atoms with Crippen molar-refractivity contribution in [3.63, 3.8) is 0 Å². The molecule has 0 spiro atoms. The number of piperidine rings is 1. The number of carbonyl (C=O) groups is 1. The van der Waals surface area contributed by atoms with Gasteiger partial charge in [0.2, 0.25) is 0 Å². The van der Waals surface area contributed by atoms with E-state index in [1.54, 1.807) is 0 Å². The first-order valence-corrected chi connectivity index (χ1v) is 9.77. The number of nitrogens with zero attached hydrogens (tertiary/aromatic N) is 2. The van der Waals surface area contributed by atoms with E-state index < -0.39 is 0 Å². The highest BCUT2D eigenvalue weighted by atomic mass is 16.5. The topological polar surface area (TPSA) is 53.9 Å². The van der Waals surface area contributed by atoms with E-state index in [0.717, 1.165) is 44.9 Å². The fraction of sp³-hybridized carbons (Fsp3) is 0.619. The highest BCUT2D eigenvalue weighted by Gasteiger charge is 2.30. The second-order valence-electron chi connectivity index (χ2n) is 6.93. The third-order valence-electron chi connectivity index (χ3n) is 5.32. The first-order valence-electron chi connectivity index (χ1n) is 9.77. The van der Waals surface area contributed by atoms with Crippen molar-refractivity contribution in [2.75, 3.05) is 33.8 Å². The molecule has 2 atom stereocenters. The van der Waals surface area contributed by atoms with Gasteiger partial charge >= 0.3 is 5.97 Å². The first kappa shape index (κ1) is 20.3. The van der Waals surface area contributed by atoms with Gasteiger partial charge in [-0.3, -0.25) is 9.79 Å². The molecule has 0 radical (unpaired) electrons. The van der Waals surface area contributed by atoms with Gasteiger partial charge in [-0.25, -0.2) is 0 Å². The number of unbranched alkanes of at least 4 members (excludes halogenated alkanes) is 1. The van der Waals surface area contributed by atoms with Gasteiger partial charge < -0.3 is 15.0 Å². The van der Waals surface area contributed by atoms with Crippen LogP contribution in [-0.4, -0.2) is 50.6 Å². The number of guanidine groups is 1. The van der Waals surface area contributed by atoms with Crippen LogP contribution >= 0.6 is 0 Å². The SMILES string of the molecule is CCC1CN(C(=NC)NCCCCC(=O)OC)CCC1c1ccccc1. The van der Waals surface area contributed by atoms with Crippen molar-refractivity contribution >= 4 is 11.9 Å². The van der Waals surface area contributed by atoms with Crippen LogP contribution < -0.4 is 5.32 Å². The zero-order valence-corrected chi connectivity index (χ0v) is 16.4. The van der Waals surface area contributed by atoms with Crippen LogP contribution in [0, 0.1) is 5.92 Å². The lowest BCUT2D eigenvalue weighted by molar-refractivity contribution is -0.140. The van der Waals surface area contributed by atoms with E-state index in [1.807, 2.05) is 7.05 Å². The number of methoxy groups -OCH3 is 1. The molecule has 5 heteroatoms. The predicted molar refractivity (Wildman–Crippen MR) is 106 cm³/mol. The highest BCUT2D eigenvalue weighted by Crippen LogP contribution is 2.34. The van der Waals surface area contributed by atoms with E-state index >= 15 is 0 Å². The Labute approximate surface area is 157 Å². The molecular weight excluding hydrogens is 326 g/mol. The van der Waals surface area contributed by atoms with E-state index in [4.69, 9.17) is 0 Å². The fourth-order valence-electron chi connectivity index (χ4n) is 3.81. The summed E-state index contributed by atoms with van der Waals surface area (Å²) >= 11 is 0. The zero-order valence-electron chi connectivity index (χ0n) is 16.4. The molecule has 2 unspecified atom stereocenters. The Morgan fingerprint density at radius 3 is 2.73 bits per heavy atom. The van der Waals surface area contributed by atoms with E-state index in [9.17, 15) is 4.79 Å². The number of benzene rings is 1. The van der Waals surface area contributed by atoms with Crippen LogP contribution in [0.2, 0.25) is 0 Å². The minimum absolute atomic E-state index is 0.136. The van der Waals surface area contributed by atoms with Crippen LogP contribution in [-0.2, 0) is 9.53 Å². The van der Waals surface area contributed by atoms with Gasteiger partial charge in [0.05, 0.1) is 7.11 Å². The number of nitrogens with one attached hydrogen (secondary N) is 1. The smallest absolute Gasteiger partial charge is 0.305 e. The van der Waals surface area contributed by atoms with Gasteiger partial charge in [-0.15, -0.1) is 0 Å². The standard InChI is InChI=1S/C21H33N3O2/c1-4-17-16-24(15-13-19(17)18-10-6-5-7-11-18)21(22-2)23-14-9-8-12-20(25)26-3/h5-7,10-11,17,19H,4,8-9,12-16H2,1-3H3,(H,22,23). The molecule has 1 aromatic carbocycles. The number of ether oxygens (including phenoxy) is 1. The molecule has 26 heavy (non-hydrogen) atoms. The van der Waals surface area contributed by atoms with Crippen molar-refractivity contribution in [2.24, 2.45) is 10.9 Å². The molecule has 0 aromatic heterocycles. The summed E-state index contributed by atoms with van der Waals surface area (Å²) in [5.74, 6) is 2.12. The second kappa shape index (κ2) is 10.8. The largest absolute Gasteiger partial charge is 0.469 e. The lowest BCUT2D eigenvalue weighted by atomic mass is 9.79. The summed E-state index contributed by atoms with van der Waals surface area (Å²) in [7, 11) is 3.28. The van der Waals surface area contributed by atoms with Crippen LogP contribution in [0.3, 0.4) is 0 Å². The van der Waals surface area contributed by atoms with Gasteiger partial charge in [0.25, 0.3) is 0 Å². The Hall–Kier alpha value is -2.04. The molecule has 1 aliphatic rings. The van der Waals surface area contributed by atoms with Crippen molar-refractivity contribution in [3.8, 4) is 0 Å². The number of carbonyl (C=O) groups excluding carboxylic acids is 1. The quantitative estimate of drug-likeness (QED) is 0.351. The van der Waals surface area contributed by atoms with Crippen molar-refractivity contribution in [2.45, 2.75) is 44.9 Å². The molecule has 0 bridgehead atoms. The number of aliphatic imine (C=N–C) groups is 1. The maximum Gasteiger partial charge on any atom is 0.305 e. The van der Waals surface area contributed by atoms with E-state index in [2.05, 4.69) is 57.2 Å². The molecule has 1 aromatic rings. The average molecular weight is 360 g/mol. The van der Waals surface area contributed by atoms with Crippen LogP contribution in [0.4, 0.5) is 0 Å². The number of hydrogen-bond donors (Lipinski definition) is 1. The first-order chi connectivity index (χ1) is 12.7. The molecule has 0 amide bonds. The highest BCUT2D eigenvalue weighted by molar-refractivity contribution is 5.80. The lowest BCUT2D eigenvalue weighted by Gasteiger charge is -2.40. The second-order valence-corrected chi connectivity index (χ2v) is 6.93. The Balaban J connectivity index is 1.83. The molecule has 1 saturated heterocycles. The van der Waals surface area contributed by atoms with E-state index in [1.165, 1.54) is 19.1 Å². The normalized spacial score (nSPS) is 20.7. The van der Waals surface area contributed by atoms with Gasteiger partial charge in [-0.2, -0.15) is 0 Å². The summed E-state index contributed by atoms with van der Waals surface area (Å²) < 4.78 is 4.67. The van der Waals surface area contributed by atoms with Crippen LogP contribution in [0.1, 0.15) is 50.5 Å². The zero-order chi connectivity index (χ0) is 18.8. The minimum atomic E-state index is -0.136. The molecule has 144 valence electrons. The summed E-state index contributed by atoms with van der Waals surface area (Å²) in [5, 5.41) is 3.45. The Bertz CT molecular complexity index is 574. The van der Waals surface area contributed by atoms with Crippen LogP contribution in [0.25, 0.3) is 0 Å². The maximum atomic E-state index is 11.2. The van der Waals surface area contributed by atoms with Crippen LogP contribution in [0.5, 0.6) is 0 Å². The fourth-order valence-corrected chi connectivity index (χ4v) is 3.81.